The van der Waals surface area contributed by atoms with Gasteiger partial charge in [-0.15, -0.1) is 0 Å². The highest BCUT2D eigenvalue weighted by Crippen LogP contribution is 2.79. The molecule has 3 nitrogen and oxygen atoms in total. The average molecular weight is 455 g/mol. The van der Waals surface area contributed by atoms with Crippen molar-refractivity contribution in [3.63, 3.8) is 0 Å². The maximum absolute atomic E-state index is 13.6. The molecule has 0 radical (unpaired) electrons. The molecule has 184 valence electrons. The molecule has 1 saturated heterocycles. The molecule has 11 atom stereocenters. The fourth-order valence-corrected chi connectivity index (χ4v) is 11.4. The van der Waals surface area contributed by atoms with Crippen LogP contribution < -0.4 is 0 Å². The molecule has 0 aromatic rings. The number of allylic oxidation sites excluding steroid dienone is 1. The first-order valence-corrected chi connectivity index (χ1v) is 13.9. The summed E-state index contributed by atoms with van der Waals surface area (Å²) in [7, 11) is 0. The lowest BCUT2D eigenvalue weighted by Gasteiger charge is -2.72. The third kappa shape index (κ3) is 2.23. The molecule has 3 heteroatoms. The van der Waals surface area contributed by atoms with Gasteiger partial charge in [-0.05, 0) is 97.4 Å². The SMILES string of the molecule is C[C@H]1[C@H](C)CC[C@@]23CC[C@]4(C)[C@@](C=C[C@H]5[C@@]6(C)CC[C@H](O)C(C)(C)[C@H]6CC[C@]54C)(OC2=O)[C@@H]13. The molecule has 33 heavy (non-hydrogen) atoms. The molecule has 5 fully saturated rings. The van der Waals surface area contributed by atoms with E-state index in [2.05, 4.69) is 60.6 Å². The number of esters is 1. The molecule has 6 aliphatic rings. The molecule has 0 aromatic carbocycles. The van der Waals surface area contributed by atoms with Crippen molar-refractivity contribution in [3.8, 4) is 0 Å². The van der Waals surface area contributed by atoms with Crippen LogP contribution in [0.3, 0.4) is 0 Å². The molecule has 1 heterocycles. The van der Waals surface area contributed by atoms with Gasteiger partial charge in [-0.25, -0.2) is 0 Å². The number of hydrogen-bond donors (Lipinski definition) is 1. The molecule has 2 bridgehead atoms. The summed E-state index contributed by atoms with van der Waals surface area (Å²) in [5, 5.41) is 10.9. The normalized spacial score (nSPS) is 60.8. The molecule has 1 N–H and O–H groups in total. The van der Waals surface area contributed by atoms with Crippen molar-refractivity contribution in [2.24, 2.45) is 56.7 Å². The highest BCUT2D eigenvalue weighted by Gasteiger charge is 2.80. The zero-order valence-corrected chi connectivity index (χ0v) is 22.0. The van der Waals surface area contributed by atoms with Crippen LogP contribution in [0.25, 0.3) is 0 Å². The average Bonchev–Trinajstić information content (AvgIpc) is 2.95. The number of fused-ring (bicyclic) bond motifs is 4. The first-order chi connectivity index (χ1) is 15.3. The van der Waals surface area contributed by atoms with Crippen LogP contribution in [0.4, 0.5) is 0 Å². The Bertz CT molecular complexity index is 922. The van der Waals surface area contributed by atoms with Crippen molar-refractivity contribution in [2.75, 3.05) is 0 Å². The van der Waals surface area contributed by atoms with Gasteiger partial charge in [0.1, 0.15) is 5.60 Å². The van der Waals surface area contributed by atoms with Gasteiger partial charge in [-0.2, -0.15) is 0 Å². The highest BCUT2D eigenvalue weighted by molar-refractivity contribution is 5.82. The number of aliphatic hydroxyl groups is 1. The van der Waals surface area contributed by atoms with E-state index in [0.29, 0.717) is 29.6 Å². The third-order valence-electron chi connectivity index (χ3n) is 13.8. The third-order valence-corrected chi connectivity index (χ3v) is 13.8. The molecular formula is C30H46O3. The monoisotopic (exact) mass is 454 g/mol. The van der Waals surface area contributed by atoms with E-state index >= 15 is 0 Å². The minimum absolute atomic E-state index is 0.0424. The highest BCUT2D eigenvalue weighted by atomic mass is 16.6. The van der Waals surface area contributed by atoms with E-state index in [4.69, 9.17) is 4.74 Å². The van der Waals surface area contributed by atoms with Gasteiger partial charge in [0.2, 0.25) is 0 Å². The predicted molar refractivity (Wildman–Crippen MR) is 130 cm³/mol. The van der Waals surface area contributed by atoms with Crippen LogP contribution in [-0.2, 0) is 9.53 Å². The number of ether oxygens (including phenoxy) is 1. The zero-order chi connectivity index (χ0) is 23.8. The second-order valence-corrected chi connectivity index (χ2v) is 14.8. The lowest BCUT2D eigenvalue weighted by molar-refractivity contribution is -0.245. The van der Waals surface area contributed by atoms with E-state index in [-0.39, 0.29) is 39.1 Å². The molecule has 0 unspecified atom stereocenters. The van der Waals surface area contributed by atoms with Crippen molar-refractivity contribution in [2.45, 2.75) is 112 Å². The Morgan fingerprint density at radius 2 is 1.67 bits per heavy atom. The Morgan fingerprint density at radius 3 is 2.39 bits per heavy atom. The fourth-order valence-electron chi connectivity index (χ4n) is 11.4. The number of rotatable bonds is 0. The Morgan fingerprint density at radius 1 is 0.939 bits per heavy atom. The Labute approximate surface area is 201 Å². The van der Waals surface area contributed by atoms with E-state index in [1.807, 2.05) is 0 Å². The van der Waals surface area contributed by atoms with Crippen LogP contribution in [0.2, 0.25) is 0 Å². The second kappa shape index (κ2) is 6.29. The van der Waals surface area contributed by atoms with Crippen LogP contribution in [0.5, 0.6) is 0 Å². The number of carbonyl (C=O) groups excluding carboxylic acids is 1. The summed E-state index contributed by atoms with van der Waals surface area (Å²) in [5.41, 5.74) is -0.514. The zero-order valence-electron chi connectivity index (χ0n) is 22.0. The van der Waals surface area contributed by atoms with Gasteiger partial charge in [0, 0.05) is 11.3 Å². The Hall–Kier alpha value is -0.830. The van der Waals surface area contributed by atoms with Crippen molar-refractivity contribution in [3.05, 3.63) is 12.2 Å². The smallest absolute Gasteiger partial charge is 0.313 e. The molecule has 5 aliphatic carbocycles. The summed E-state index contributed by atoms with van der Waals surface area (Å²) in [6, 6.07) is 0. The molecule has 1 spiro atoms. The van der Waals surface area contributed by atoms with Gasteiger partial charge in [-0.3, -0.25) is 4.79 Å². The van der Waals surface area contributed by atoms with Gasteiger partial charge in [0.15, 0.2) is 0 Å². The number of hydrogen-bond acceptors (Lipinski definition) is 3. The summed E-state index contributed by atoms with van der Waals surface area (Å²) in [5.74, 6) is 2.56. The number of aliphatic hydroxyl groups excluding tert-OH is 1. The van der Waals surface area contributed by atoms with Crippen LogP contribution in [0.15, 0.2) is 12.2 Å². The van der Waals surface area contributed by atoms with Crippen LogP contribution >= 0.6 is 0 Å². The summed E-state index contributed by atoms with van der Waals surface area (Å²) >= 11 is 0. The van der Waals surface area contributed by atoms with Crippen molar-refractivity contribution < 1.29 is 14.6 Å². The maximum atomic E-state index is 13.6. The summed E-state index contributed by atoms with van der Waals surface area (Å²) in [4.78, 5) is 13.6. The summed E-state index contributed by atoms with van der Waals surface area (Å²) in [6.45, 7) is 17.0. The van der Waals surface area contributed by atoms with Gasteiger partial charge in [-0.1, -0.05) is 54.5 Å². The second-order valence-electron chi connectivity index (χ2n) is 14.8. The summed E-state index contributed by atoms with van der Waals surface area (Å²) < 4.78 is 6.71. The van der Waals surface area contributed by atoms with Crippen LogP contribution in [0.1, 0.15) is 99.8 Å². The molecule has 0 aromatic heterocycles. The van der Waals surface area contributed by atoms with Gasteiger partial charge >= 0.3 is 5.97 Å². The van der Waals surface area contributed by atoms with Crippen LogP contribution in [0, 0.1) is 56.7 Å². The quantitative estimate of drug-likeness (QED) is 0.334. The lowest BCUT2D eigenvalue weighted by Crippen LogP contribution is -2.71. The van der Waals surface area contributed by atoms with Crippen molar-refractivity contribution in [1.29, 1.82) is 0 Å². The van der Waals surface area contributed by atoms with Crippen molar-refractivity contribution >= 4 is 5.97 Å². The number of carbonyl (C=O) groups is 1. The molecular weight excluding hydrogens is 408 g/mol. The topological polar surface area (TPSA) is 46.5 Å². The van der Waals surface area contributed by atoms with E-state index in [1.54, 1.807) is 0 Å². The van der Waals surface area contributed by atoms with Crippen LogP contribution in [-0.4, -0.2) is 22.8 Å². The van der Waals surface area contributed by atoms with E-state index in [1.165, 1.54) is 6.42 Å². The first-order valence-electron chi connectivity index (χ1n) is 13.9. The van der Waals surface area contributed by atoms with Crippen molar-refractivity contribution in [1.82, 2.24) is 0 Å². The standard InChI is InChI=1S/C30H46O3/c1-18-8-14-29-17-16-28(7)27(6)13-9-20-25(3,4)22(31)11-12-26(20,5)21(27)10-15-30(28,33-24(29)32)23(29)19(18)2/h10,15,18-23,31H,8-9,11-14,16-17H2,1-7H3/t18-,19+,20-,21+,22+,23+,26+,27-,28+,29+,30+/m1/s1. The van der Waals surface area contributed by atoms with Gasteiger partial charge < -0.3 is 9.84 Å². The first kappa shape index (κ1) is 22.6. The van der Waals surface area contributed by atoms with Gasteiger partial charge in [0.05, 0.1) is 11.5 Å². The molecule has 4 saturated carbocycles. The summed E-state index contributed by atoms with van der Waals surface area (Å²) in [6.07, 6.45) is 13.4. The molecule has 6 rings (SSSR count). The Kier molecular flexibility index (Phi) is 4.31. The fraction of sp³-hybridized carbons (Fsp3) is 0.900. The molecule has 1 aliphatic heterocycles. The lowest BCUT2D eigenvalue weighted by atomic mass is 9.32. The molecule has 0 amide bonds. The van der Waals surface area contributed by atoms with E-state index < -0.39 is 5.60 Å². The Balaban J connectivity index is 1.52. The maximum Gasteiger partial charge on any atom is 0.313 e. The largest absolute Gasteiger partial charge is 0.453 e. The predicted octanol–water partition coefficient (Wildman–Crippen LogP) is 6.54. The minimum atomic E-state index is -0.450. The van der Waals surface area contributed by atoms with Gasteiger partial charge in [0.25, 0.3) is 0 Å². The minimum Gasteiger partial charge on any atom is -0.453 e. The van der Waals surface area contributed by atoms with E-state index in [0.717, 1.165) is 44.9 Å². The van der Waals surface area contributed by atoms with E-state index in [9.17, 15) is 9.90 Å².